The van der Waals surface area contributed by atoms with Gasteiger partial charge in [-0.15, -0.1) is 11.3 Å². The summed E-state index contributed by atoms with van der Waals surface area (Å²) >= 11 is 8.01. The van der Waals surface area contributed by atoms with Gasteiger partial charge in [-0.2, -0.15) is 0 Å². The summed E-state index contributed by atoms with van der Waals surface area (Å²) in [6.07, 6.45) is 6.29. The van der Waals surface area contributed by atoms with E-state index in [4.69, 9.17) is 11.6 Å². The summed E-state index contributed by atoms with van der Waals surface area (Å²) in [4.78, 5) is 3.73. The van der Waals surface area contributed by atoms with Gasteiger partial charge in [0.15, 0.2) is 0 Å². The van der Waals surface area contributed by atoms with Crippen molar-refractivity contribution in [1.82, 2.24) is 10.2 Å². The Hall–Kier alpha value is -0.0900. The third-order valence-corrected chi connectivity index (χ3v) is 5.85. The first-order valence-electron chi connectivity index (χ1n) is 6.67. The quantitative estimate of drug-likeness (QED) is 0.892. The van der Waals surface area contributed by atoms with E-state index in [1.54, 1.807) is 11.3 Å². The molecule has 1 unspecified atom stereocenters. The lowest BCUT2D eigenvalue weighted by molar-refractivity contribution is 0.109. The molecule has 1 atom stereocenters. The van der Waals surface area contributed by atoms with Crippen molar-refractivity contribution in [3.63, 3.8) is 0 Å². The van der Waals surface area contributed by atoms with E-state index in [1.165, 1.54) is 30.6 Å². The number of halogens is 1. The molecule has 2 nitrogen and oxygen atoms in total. The van der Waals surface area contributed by atoms with Gasteiger partial charge >= 0.3 is 0 Å². The first-order chi connectivity index (χ1) is 8.60. The van der Waals surface area contributed by atoms with Gasteiger partial charge in [0.2, 0.25) is 0 Å². The molecule has 0 amide bonds. The fraction of sp³-hybridized carbons (Fsp3) is 0.714. The molecule has 0 aliphatic heterocycles. The molecule has 0 bridgehead atoms. The highest BCUT2D eigenvalue weighted by Crippen LogP contribution is 2.38. The van der Waals surface area contributed by atoms with E-state index in [0.717, 1.165) is 11.4 Å². The maximum atomic E-state index is 6.24. The standard InChI is InChI=1S/C14H23ClN2S/c1-16-13(10-12-11(15)6-9-18-12)14(17(2)3)7-4-5-8-14/h6,9,13,16H,4-5,7-8,10H2,1-3H3. The zero-order valence-corrected chi connectivity index (χ0v) is 13.1. The maximum Gasteiger partial charge on any atom is 0.0545 e. The van der Waals surface area contributed by atoms with Gasteiger partial charge in [0.1, 0.15) is 0 Å². The van der Waals surface area contributed by atoms with Crippen LogP contribution in [0.3, 0.4) is 0 Å². The molecular weight excluding hydrogens is 264 g/mol. The van der Waals surface area contributed by atoms with Gasteiger partial charge in [0, 0.05) is 22.9 Å². The summed E-state index contributed by atoms with van der Waals surface area (Å²) in [5.41, 5.74) is 0.294. The van der Waals surface area contributed by atoms with Gasteiger partial charge in [-0.05, 0) is 45.4 Å². The van der Waals surface area contributed by atoms with Crippen LogP contribution in [0.1, 0.15) is 30.6 Å². The summed E-state index contributed by atoms with van der Waals surface area (Å²) in [5, 5.41) is 6.55. The van der Waals surface area contributed by atoms with Gasteiger partial charge in [-0.1, -0.05) is 24.4 Å². The van der Waals surface area contributed by atoms with E-state index in [0.29, 0.717) is 11.6 Å². The summed E-state index contributed by atoms with van der Waals surface area (Å²) in [6.45, 7) is 0. The Labute approximate surface area is 119 Å². The molecule has 0 spiro atoms. The SMILES string of the molecule is CNC(Cc1sccc1Cl)C1(N(C)C)CCCC1. The second kappa shape index (κ2) is 5.91. The minimum Gasteiger partial charge on any atom is -0.315 e. The Morgan fingerprint density at radius 2 is 2.11 bits per heavy atom. The second-order valence-electron chi connectivity index (χ2n) is 5.44. The lowest BCUT2D eigenvalue weighted by Crippen LogP contribution is -2.57. The van der Waals surface area contributed by atoms with Crippen molar-refractivity contribution in [2.45, 2.75) is 43.7 Å². The van der Waals surface area contributed by atoms with Crippen LogP contribution in [-0.4, -0.2) is 37.6 Å². The maximum absolute atomic E-state index is 6.24. The molecule has 1 aliphatic rings. The molecule has 1 heterocycles. The second-order valence-corrected chi connectivity index (χ2v) is 6.85. The number of nitrogens with one attached hydrogen (secondary N) is 1. The van der Waals surface area contributed by atoms with Crippen LogP contribution in [0.25, 0.3) is 0 Å². The fourth-order valence-electron chi connectivity index (χ4n) is 3.31. The molecule has 1 aromatic heterocycles. The van der Waals surface area contributed by atoms with Crippen LogP contribution < -0.4 is 5.32 Å². The van der Waals surface area contributed by atoms with Crippen molar-refractivity contribution in [3.05, 3.63) is 21.3 Å². The van der Waals surface area contributed by atoms with E-state index >= 15 is 0 Å². The molecule has 0 saturated heterocycles. The minimum atomic E-state index is 0.294. The molecule has 0 aromatic carbocycles. The van der Waals surface area contributed by atoms with Crippen LogP contribution >= 0.6 is 22.9 Å². The van der Waals surface area contributed by atoms with Crippen LogP contribution in [0, 0.1) is 0 Å². The highest BCUT2D eigenvalue weighted by Gasteiger charge is 2.42. The van der Waals surface area contributed by atoms with Crippen LogP contribution in [0.4, 0.5) is 0 Å². The monoisotopic (exact) mass is 286 g/mol. The van der Waals surface area contributed by atoms with E-state index in [2.05, 4.69) is 36.7 Å². The fourth-order valence-corrected chi connectivity index (χ4v) is 4.47. The Morgan fingerprint density at radius 3 is 2.56 bits per heavy atom. The highest BCUT2D eigenvalue weighted by atomic mass is 35.5. The van der Waals surface area contributed by atoms with Crippen molar-refractivity contribution in [2.75, 3.05) is 21.1 Å². The molecule has 2 rings (SSSR count). The summed E-state index contributed by atoms with van der Waals surface area (Å²) in [5.74, 6) is 0. The molecule has 1 aromatic rings. The highest BCUT2D eigenvalue weighted by molar-refractivity contribution is 7.10. The van der Waals surface area contributed by atoms with Crippen molar-refractivity contribution >= 4 is 22.9 Å². The van der Waals surface area contributed by atoms with Gasteiger partial charge in [-0.25, -0.2) is 0 Å². The van der Waals surface area contributed by atoms with Crippen LogP contribution in [0.2, 0.25) is 5.02 Å². The Balaban J connectivity index is 2.19. The number of thiophene rings is 1. The zero-order chi connectivity index (χ0) is 13.2. The molecular formula is C14H23ClN2S. The van der Waals surface area contributed by atoms with Crippen molar-refractivity contribution < 1.29 is 0 Å². The minimum absolute atomic E-state index is 0.294. The lowest BCUT2D eigenvalue weighted by atomic mass is 9.84. The van der Waals surface area contributed by atoms with E-state index < -0.39 is 0 Å². The van der Waals surface area contributed by atoms with Crippen LogP contribution in [0.5, 0.6) is 0 Å². The lowest BCUT2D eigenvalue weighted by Gasteiger charge is -2.43. The molecule has 1 fully saturated rings. The summed E-state index contributed by atoms with van der Waals surface area (Å²) in [6, 6.07) is 2.48. The topological polar surface area (TPSA) is 15.3 Å². The largest absolute Gasteiger partial charge is 0.315 e. The predicted molar refractivity (Wildman–Crippen MR) is 80.8 cm³/mol. The normalized spacial score (nSPS) is 20.5. The van der Waals surface area contributed by atoms with E-state index in [-0.39, 0.29) is 0 Å². The van der Waals surface area contributed by atoms with Gasteiger partial charge in [0.25, 0.3) is 0 Å². The van der Waals surface area contributed by atoms with Gasteiger partial charge in [0.05, 0.1) is 5.02 Å². The Morgan fingerprint density at radius 1 is 1.44 bits per heavy atom. The van der Waals surface area contributed by atoms with Gasteiger partial charge in [-0.3, -0.25) is 0 Å². The summed E-state index contributed by atoms with van der Waals surface area (Å²) in [7, 11) is 6.51. The molecule has 1 aliphatic carbocycles. The Bertz CT molecular complexity index is 383. The molecule has 0 radical (unpaired) electrons. The third-order valence-electron chi connectivity index (χ3n) is 4.44. The average molecular weight is 287 g/mol. The first-order valence-corrected chi connectivity index (χ1v) is 7.92. The number of rotatable bonds is 5. The number of likely N-dealkylation sites (N-methyl/N-ethyl adjacent to an activating group) is 2. The van der Waals surface area contributed by atoms with E-state index in [1.807, 2.05) is 6.07 Å². The van der Waals surface area contributed by atoms with Crippen LogP contribution in [0.15, 0.2) is 11.4 Å². The molecule has 1 N–H and O–H groups in total. The number of hydrogen-bond acceptors (Lipinski definition) is 3. The average Bonchev–Trinajstić information content (AvgIpc) is 2.96. The first kappa shape index (κ1) is 14.3. The molecule has 102 valence electrons. The molecule has 18 heavy (non-hydrogen) atoms. The van der Waals surface area contributed by atoms with E-state index in [9.17, 15) is 0 Å². The molecule has 1 saturated carbocycles. The summed E-state index contributed by atoms with van der Waals surface area (Å²) < 4.78 is 0. The van der Waals surface area contributed by atoms with Crippen LogP contribution in [-0.2, 0) is 6.42 Å². The molecule has 4 heteroatoms. The Kier molecular flexibility index (Phi) is 4.70. The van der Waals surface area contributed by atoms with Crippen molar-refractivity contribution in [2.24, 2.45) is 0 Å². The smallest absolute Gasteiger partial charge is 0.0545 e. The zero-order valence-electron chi connectivity index (χ0n) is 11.5. The number of nitrogens with zero attached hydrogens (tertiary/aromatic N) is 1. The third kappa shape index (κ3) is 2.60. The number of hydrogen-bond donors (Lipinski definition) is 1. The predicted octanol–water partition coefficient (Wildman–Crippen LogP) is 3.41. The van der Waals surface area contributed by atoms with Gasteiger partial charge < -0.3 is 10.2 Å². The van der Waals surface area contributed by atoms with Crippen molar-refractivity contribution in [1.29, 1.82) is 0 Å². The van der Waals surface area contributed by atoms with Crippen molar-refractivity contribution in [3.8, 4) is 0 Å².